The van der Waals surface area contributed by atoms with Crippen LogP contribution in [0.2, 0.25) is 0 Å². The van der Waals surface area contributed by atoms with E-state index in [-0.39, 0.29) is 12.3 Å². The summed E-state index contributed by atoms with van der Waals surface area (Å²) in [6.45, 7) is 0.761. The maximum absolute atomic E-state index is 12.5. The number of benzene rings is 5. The third-order valence-corrected chi connectivity index (χ3v) is 6.68. The van der Waals surface area contributed by atoms with E-state index in [0.717, 1.165) is 33.0 Å². The molecular weight excluding hydrogens is 528 g/mol. The molecule has 7 nitrogen and oxygen atoms in total. The quantitative estimate of drug-likeness (QED) is 0.136. The highest BCUT2D eigenvalue weighted by Crippen LogP contribution is 2.31. The molecule has 1 amide bonds. The Bertz CT molecular complexity index is 1680. The maximum atomic E-state index is 12.5. The minimum Gasteiger partial charge on any atom is -0.493 e. The largest absolute Gasteiger partial charge is 0.493 e. The summed E-state index contributed by atoms with van der Waals surface area (Å²) in [4.78, 5) is 12.5. The summed E-state index contributed by atoms with van der Waals surface area (Å²) in [5, 5.41) is 6.29. The van der Waals surface area contributed by atoms with Crippen molar-refractivity contribution in [2.75, 3.05) is 14.2 Å². The minimum absolute atomic E-state index is 0.193. The third kappa shape index (κ3) is 7.26. The number of carbonyl (C=O) groups excluding carboxylic acids is 1. The van der Waals surface area contributed by atoms with Crippen molar-refractivity contribution in [1.29, 1.82) is 0 Å². The molecule has 0 fully saturated rings. The van der Waals surface area contributed by atoms with Crippen LogP contribution in [0.4, 0.5) is 0 Å². The van der Waals surface area contributed by atoms with Gasteiger partial charge in [-0.05, 0) is 63.4 Å². The molecule has 0 radical (unpaired) electrons. The number of nitrogens with zero attached hydrogens (tertiary/aromatic N) is 1. The first-order chi connectivity index (χ1) is 20.6. The normalized spacial score (nSPS) is 10.9. The van der Waals surface area contributed by atoms with E-state index in [1.165, 1.54) is 0 Å². The molecule has 0 aliphatic rings. The van der Waals surface area contributed by atoms with Crippen molar-refractivity contribution in [3.63, 3.8) is 0 Å². The number of fused-ring (bicyclic) bond motifs is 1. The first-order valence-electron chi connectivity index (χ1n) is 13.6. The second kappa shape index (κ2) is 13.9. The van der Waals surface area contributed by atoms with Gasteiger partial charge >= 0.3 is 0 Å². The number of hydrogen-bond acceptors (Lipinski definition) is 6. The van der Waals surface area contributed by atoms with E-state index in [9.17, 15) is 4.79 Å². The second-order valence-electron chi connectivity index (χ2n) is 9.57. The van der Waals surface area contributed by atoms with Gasteiger partial charge in [-0.1, -0.05) is 78.9 Å². The molecule has 0 aromatic heterocycles. The highest BCUT2D eigenvalue weighted by atomic mass is 16.5. The molecule has 0 unspecified atom stereocenters. The second-order valence-corrected chi connectivity index (χ2v) is 9.57. The van der Waals surface area contributed by atoms with Crippen molar-refractivity contribution >= 4 is 22.9 Å². The van der Waals surface area contributed by atoms with Crippen molar-refractivity contribution in [2.24, 2.45) is 5.10 Å². The predicted octanol–water partition coefficient (Wildman–Crippen LogP) is 6.71. The van der Waals surface area contributed by atoms with Gasteiger partial charge in [0.15, 0.2) is 23.0 Å². The van der Waals surface area contributed by atoms with Crippen molar-refractivity contribution in [1.82, 2.24) is 5.43 Å². The van der Waals surface area contributed by atoms with Crippen molar-refractivity contribution in [2.45, 2.75) is 19.6 Å². The number of nitrogens with one attached hydrogen (secondary N) is 1. The van der Waals surface area contributed by atoms with E-state index >= 15 is 0 Å². The Morgan fingerprint density at radius 1 is 0.690 bits per heavy atom. The molecule has 0 saturated heterocycles. The number of carbonyl (C=O) groups is 1. The lowest BCUT2D eigenvalue weighted by Crippen LogP contribution is -2.19. The molecule has 0 bridgehead atoms. The average molecular weight is 561 g/mol. The van der Waals surface area contributed by atoms with Crippen LogP contribution in [0.5, 0.6) is 23.0 Å². The summed E-state index contributed by atoms with van der Waals surface area (Å²) in [5.41, 5.74) is 6.32. The number of hydrazone groups is 1. The molecule has 0 spiro atoms. The monoisotopic (exact) mass is 560 g/mol. The molecule has 7 heteroatoms. The van der Waals surface area contributed by atoms with Gasteiger partial charge in [0.25, 0.3) is 0 Å². The van der Waals surface area contributed by atoms with E-state index in [0.29, 0.717) is 36.2 Å². The summed E-state index contributed by atoms with van der Waals surface area (Å²) in [6.07, 6.45) is 1.81. The SMILES string of the molecule is COc1cc(/C=N/NC(=O)Cc2cccc3ccccc23)ccc1OCc1ccc(OCc2ccccc2)c(OC)c1. The van der Waals surface area contributed by atoms with Crippen LogP contribution in [0.1, 0.15) is 22.3 Å². The standard InChI is InChI=1S/C35H32N2O5/c1-39-33-19-26(22-36-37-35(38)21-29-13-8-12-28-11-6-7-14-30(28)29)15-17-31(33)42-24-27-16-18-32(34(20-27)40-2)41-23-25-9-4-3-5-10-25/h3-20,22H,21,23-24H2,1-2H3,(H,37,38)/b36-22+. The Morgan fingerprint density at radius 2 is 1.36 bits per heavy atom. The van der Waals surface area contributed by atoms with Crippen LogP contribution in [0, 0.1) is 0 Å². The molecule has 42 heavy (non-hydrogen) atoms. The van der Waals surface area contributed by atoms with Crippen molar-refractivity contribution in [3.05, 3.63) is 131 Å². The first kappa shape index (κ1) is 28.2. The first-order valence-corrected chi connectivity index (χ1v) is 13.6. The summed E-state index contributed by atoms with van der Waals surface area (Å²) in [7, 11) is 3.20. The lowest BCUT2D eigenvalue weighted by Gasteiger charge is -2.14. The fraction of sp³-hybridized carbons (Fsp3) is 0.143. The smallest absolute Gasteiger partial charge is 0.244 e. The van der Waals surface area contributed by atoms with E-state index < -0.39 is 0 Å². The third-order valence-electron chi connectivity index (χ3n) is 6.68. The van der Waals surface area contributed by atoms with Crippen LogP contribution in [0.3, 0.4) is 0 Å². The molecule has 0 aliphatic heterocycles. The van der Waals surface area contributed by atoms with Crippen LogP contribution in [0.25, 0.3) is 10.8 Å². The van der Waals surface area contributed by atoms with E-state index in [1.807, 2.05) is 103 Å². The molecule has 212 valence electrons. The van der Waals surface area contributed by atoms with Gasteiger partial charge in [0, 0.05) is 0 Å². The zero-order valence-corrected chi connectivity index (χ0v) is 23.6. The number of hydrogen-bond donors (Lipinski definition) is 1. The zero-order valence-electron chi connectivity index (χ0n) is 23.6. The van der Waals surface area contributed by atoms with Crippen LogP contribution in [-0.2, 0) is 24.4 Å². The molecule has 5 aromatic rings. The maximum Gasteiger partial charge on any atom is 0.244 e. The summed E-state index contributed by atoms with van der Waals surface area (Å²) in [5.74, 6) is 2.24. The Balaban J connectivity index is 1.17. The molecule has 0 atom stereocenters. The van der Waals surface area contributed by atoms with Gasteiger partial charge in [0.2, 0.25) is 5.91 Å². The highest BCUT2D eigenvalue weighted by molar-refractivity contribution is 5.90. The molecular formula is C35H32N2O5. The van der Waals surface area contributed by atoms with Gasteiger partial charge in [0.05, 0.1) is 26.9 Å². The molecule has 0 saturated carbocycles. The average Bonchev–Trinajstić information content (AvgIpc) is 3.04. The summed E-state index contributed by atoms with van der Waals surface area (Å²) in [6, 6.07) is 35.1. The van der Waals surface area contributed by atoms with Crippen LogP contribution in [0.15, 0.2) is 114 Å². The predicted molar refractivity (Wildman–Crippen MR) is 164 cm³/mol. The van der Waals surface area contributed by atoms with E-state index in [1.54, 1.807) is 26.5 Å². The van der Waals surface area contributed by atoms with E-state index in [2.05, 4.69) is 10.5 Å². The zero-order chi connectivity index (χ0) is 29.1. The molecule has 0 aliphatic carbocycles. The molecule has 1 N–H and O–H groups in total. The molecule has 5 aromatic carbocycles. The molecule has 0 heterocycles. The van der Waals surface area contributed by atoms with Crippen LogP contribution >= 0.6 is 0 Å². The van der Waals surface area contributed by atoms with Crippen molar-refractivity contribution < 1.29 is 23.7 Å². The topological polar surface area (TPSA) is 78.4 Å². The summed E-state index contributed by atoms with van der Waals surface area (Å²) < 4.78 is 23.1. The minimum atomic E-state index is -0.193. The van der Waals surface area contributed by atoms with Crippen LogP contribution < -0.4 is 24.4 Å². The number of rotatable bonds is 12. The molecule has 5 rings (SSSR count). The lowest BCUT2D eigenvalue weighted by atomic mass is 10.0. The van der Waals surface area contributed by atoms with Crippen LogP contribution in [-0.4, -0.2) is 26.3 Å². The Kier molecular flexibility index (Phi) is 9.31. The number of ether oxygens (including phenoxy) is 4. The number of methoxy groups -OCH3 is 2. The van der Waals surface area contributed by atoms with Crippen molar-refractivity contribution in [3.8, 4) is 23.0 Å². The Labute approximate surface area is 245 Å². The van der Waals surface area contributed by atoms with Gasteiger partial charge in [-0.3, -0.25) is 4.79 Å². The van der Waals surface area contributed by atoms with Gasteiger partial charge in [0.1, 0.15) is 13.2 Å². The highest BCUT2D eigenvalue weighted by Gasteiger charge is 2.10. The van der Waals surface area contributed by atoms with Gasteiger partial charge < -0.3 is 18.9 Å². The number of amides is 1. The Morgan fingerprint density at radius 3 is 2.14 bits per heavy atom. The fourth-order valence-corrected chi connectivity index (χ4v) is 4.54. The fourth-order valence-electron chi connectivity index (χ4n) is 4.54. The van der Waals surface area contributed by atoms with Gasteiger partial charge in [-0.25, -0.2) is 5.43 Å². The van der Waals surface area contributed by atoms with Gasteiger partial charge in [-0.15, -0.1) is 0 Å². The lowest BCUT2D eigenvalue weighted by molar-refractivity contribution is -0.120. The van der Waals surface area contributed by atoms with Gasteiger partial charge in [-0.2, -0.15) is 5.10 Å². The Hall–Kier alpha value is -5.30. The van der Waals surface area contributed by atoms with E-state index in [4.69, 9.17) is 18.9 Å². The summed E-state index contributed by atoms with van der Waals surface area (Å²) >= 11 is 0.